The van der Waals surface area contributed by atoms with Crippen molar-refractivity contribution in [2.45, 2.75) is 25.5 Å². The largest absolute Gasteiger partial charge is 0.493 e. The monoisotopic (exact) mass is 396 g/mol. The van der Waals surface area contributed by atoms with Gasteiger partial charge in [-0.2, -0.15) is 8.78 Å². The second kappa shape index (κ2) is 8.34. The van der Waals surface area contributed by atoms with Crippen LogP contribution in [-0.4, -0.2) is 43.0 Å². The van der Waals surface area contributed by atoms with Crippen molar-refractivity contribution >= 4 is 28.8 Å². The second-order valence-electron chi connectivity index (χ2n) is 5.87. The molecule has 0 saturated carbocycles. The van der Waals surface area contributed by atoms with Gasteiger partial charge in [0.2, 0.25) is 5.91 Å². The van der Waals surface area contributed by atoms with Crippen molar-refractivity contribution in [3.05, 3.63) is 40.6 Å². The molecule has 1 aromatic heterocycles. The predicted molar refractivity (Wildman–Crippen MR) is 96.6 cm³/mol. The van der Waals surface area contributed by atoms with E-state index in [9.17, 15) is 18.4 Å². The molecule has 1 N–H and O–H groups in total. The van der Waals surface area contributed by atoms with Crippen LogP contribution >= 0.6 is 11.3 Å². The molecule has 0 aliphatic carbocycles. The predicted octanol–water partition coefficient (Wildman–Crippen LogP) is 3.60. The minimum Gasteiger partial charge on any atom is -0.493 e. The number of carbonyl (C=O) groups excluding carboxylic acids is 2. The Morgan fingerprint density at radius 1 is 1.30 bits per heavy atom. The molecular formula is C18H18F2N2O4S. The number of hydrogen-bond acceptors (Lipinski definition) is 5. The third-order valence-corrected chi connectivity index (χ3v) is 5.05. The fraction of sp³-hybridized carbons (Fsp3) is 0.333. The third-order valence-electron chi connectivity index (χ3n) is 4.20. The van der Waals surface area contributed by atoms with E-state index in [1.54, 1.807) is 22.4 Å². The molecule has 27 heavy (non-hydrogen) atoms. The molecule has 2 amide bonds. The molecule has 9 heteroatoms. The van der Waals surface area contributed by atoms with Gasteiger partial charge in [0.15, 0.2) is 11.5 Å². The second-order valence-corrected chi connectivity index (χ2v) is 6.81. The van der Waals surface area contributed by atoms with Crippen molar-refractivity contribution in [2.75, 3.05) is 19.0 Å². The first-order valence-corrected chi connectivity index (χ1v) is 9.15. The van der Waals surface area contributed by atoms with Gasteiger partial charge in [0, 0.05) is 18.3 Å². The highest BCUT2D eigenvalue weighted by atomic mass is 32.1. The van der Waals surface area contributed by atoms with Gasteiger partial charge in [-0.05, 0) is 36.4 Å². The Labute approximate surface area is 158 Å². The van der Waals surface area contributed by atoms with E-state index < -0.39 is 12.7 Å². The van der Waals surface area contributed by atoms with E-state index in [-0.39, 0.29) is 29.0 Å². The number of likely N-dealkylation sites (tertiary alicyclic amines) is 1. The minimum absolute atomic E-state index is 0.128. The van der Waals surface area contributed by atoms with Crippen molar-refractivity contribution in [3.63, 3.8) is 0 Å². The molecule has 1 atom stereocenters. The lowest BCUT2D eigenvalue weighted by Gasteiger charge is -2.23. The number of alkyl halides is 2. The van der Waals surface area contributed by atoms with Crippen LogP contribution in [0.3, 0.4) is 0 Å². The van der Waals surface area contributed by atoms with Crippen LogP contribution in [0.15, 0.2) is 35.7 Å². The first-order chi connectivity index (χ1) is 13.0. The van der Waals surface area contributed by atoms with Crippen LogP contribution in [0.2, 0.25) is 0 Å². The highest BCUT2D eigenvalue weighted by Gasteiger charge is 2.35. The summed E-state index contributed by atoms with van der Waals surface area (Å²) in [7, 11) is 1.33. The lowest BCUT2D eigenvalue weighted by molar-refractivity contribution is -0.119. The standard InChI is InChI=1S/C18H18F2N2O4S/c1-25-13-7-6-11(10-14(13)26-18(19)20)21-16(23)12-4-2-8-22(12)17(24)15-5-3-9-27-15/h3,5-7,9-10,12,18H,2,4,8H2,1H3,(H,21,23). The van der Waals surface area contributed by atoms with Gasteiger partial charge < -0.3 is 19.7 Å². The van der Waals surface area contributed by atoms with Gasteiger partial charge in [0.05, 0.1) is 12.0 Å². The zero-order chi connectivity index (χ0) is 19.4. The number of thiophene rings is 1. The van der Waals surface area contributed by atoms with Crippen LogP contribution in [0.1, 0.15) is 22.5 Å². The third kappa shape index (κ3) is 4.36. The molecule has 1 unspecified atom stereocenters. The summed E-state index contributed by atoms with van der Waals surface area (Å²) in [6, 6.07) is 7.11. The van der Waals surface area contributed by atoms with Crippen LogP contribution in [0.5, 0.6) is 11.5 Å². The molecule has 144 valence electrons. The molecule has 1 aromatic carbocycles. The maximum Gasteiger partial charge on any atom is 0.387 e. The molecule has 1 saturated heterocycles. The van der Waals surface area contributed by atoms with E-state index in [2.05, 4.69) is 10.1 Å². The molecule has 0 spiro atoms. The fourth-order valence-corrected chi connectivity index (χ4v) is 3.67. The summed E-state index contributed by atoms with van der Waals surface area (Å²) in [5.41, 5.74) is 0.284. The zero-order valence-corrected chi connectivity index (χ0v) is 15.3. The Morgan fingerprint density at radius 3 is 2.78 bits per heavy atom. The maximum atomic E-state index is 12.7. The first kappa shape index (κ1) is 19.1. The number of amides is 2. The van der Waals surface area contributed by atoms with Gasteiger partial charge in [0.25, 0.3) is 5.91 Å². The minimum atomic E-state index is -3.02. The van der Waals surface area contributed by atoms with E-state index in [4.69, 9.17) is 4.74 Å². The van der Waals surface area contributed by atoms with Gasteiger partial charge >= 0.3 is 6.61 Å². The number of nitrogens with one attached hydrogen (secondary N) is 1. The number of hydrogen-bond donors (Lipinski definition) is 1. The van der Waals surface area contributed by atoms with E-state index in [0.29, 0.717) is 17.8 Å². The molecule has 1 fully saturated rings. The first-order valence-electron chi connectivity index (χ1n) is 8.28. The lowest BCUT2D eigenvalue weighted by Crippen LogP contribution is -2.42. The van der Waals surface area contributed by atoms with Gasteiger partial charge in [0.1, 0.15) is 6.04 Å². The Balaban J connectivity index is 1.73. The number of methoxy groups -OCH3 is 1. The summed E-state index contributed by atoms with van der Waals surface area (Å²) in [6.07, 6.45) is 1.26. The molecule has 0 radical (unpaired) electrons. The topological polar surface area (TPSA) is 67.9 Å². The number of nitrogens with zero attached hydrogens (tertiary/aromatic N) is 1. The van der Waals surface area contributed by atoms with Gasteiger partial charge in [-0.25, -0.2) is 0 Å². The fourth-order valence-electron chi connectivity index (χ4n) is 2.99. The molecule has 6 nitrogen and oxygen atoms in total. The van der Waals surface area contributed by atoms with E-state index in [1.165, 1.54) is 36.6 Å². The summed E-state index contributed by atoms with van der Waals surface area (Å²) in [6.45, 7) is -2.52. The molecular weight excluding hydrogens is 378 g/mol. The van der Waals surface area contributed by atoms with Crippen LogP contribution < -0.4 is 14.8 Å². The van der Waals surface area contributed by atoms with E-state index >= 15 is 0 Å². The molecule has 0 bridgehead atoms. The van der Waals surface area contributed by atoms with Crippen molar-refractivity contribution in [3.8, 4) is 11.5 Å². The molecule has 3 rings (SSSR count). The van der Waals surface area contributed by atoms with Crippen molar-refractivity contribution in [2.24, 2.45) is 0 Å². The van der Waals surface area contributed by atoms with Gasteiger partial charge in [-0.3, -0.25) is 9.59 Å². The summed E-state index contributed by atoms with van der Waals surface area (Å²) in [5.74, 6) is -0.600. The molecule has 1 aliphatic rings. The number of rotatable bonds is 6. The average Bonchev–Trinajstić information content (AvgIpc) is 3.33. The summed E-state index contributed by atoms with van der Waals surface area (Å²) in [4.78, 5) is 27.4. The number of benzene rings is 1. The number of halogens is 2. The van der Waals surface area contributed by atoms with E-state index in [0.717, 1.165) is 6.42 Å². The summed E-state index contributed by atoms with van der Waals surface area (Å²) in [5, 5.41) is 4.47. The molecule has 2 heterocycles. The van der Waals surface area contributed by atoms with Crippen LogP contribution in [-0.2, 0) is 4.79 Å². The SMILES string of the molecule is COc1ccc(NC(=O)C2CCCN2C(=O)c2cccs2)cc1OC(F)F. The van der Waals surface area contributed by atoms with Crippen molar-refractivity contribution in [1.29, 1.82) is 0 Å². The van der Waals surface area contributed by atoms with Crippen LogP contribution in [0.4, 0.5) is 14.5 Å². The number of carbonyl (C=O) groups is 2. The Morgan fingerprint density at radius 2 is 2.11 bits per heavy atom. The average molecular weight is 396 g/mol. The Hall–Kier alpha value is -2.68. The number of ether oxygens (including phenoxy) is 2. The quantitative estimate of drug-likeness (QED) is 0.810. The Kier molecular flexibility index (Phi) is 5.90. The van der Waals surface area contributed by atoms with Crippen LogP contribution in [0, 0.1) is 0 Å². The smallest absolute Gasteiger partial charge is 0.387 e. The summed E-state index contributed by atoms with van der Waals surface area (Å²) >= 11 is 1.32. The lowest BCUT2D eigenvalue weighted by atomic mass is 10.2. The normalized spacial score (nSPS) is 16.4. The molecule has 1 aliphatic heterocycles. The Bertz CT molecular complexity index is 814. The van der Waals surface area contributed by atoms with Gasteiger partial charge in [-0.15, -0.1) is 11.3 Å². The highest BCUT2D eigenvalue weighted by Crippen LogP contribution is 2.32. The maximum absolute atomic E-state index is 12.7. The highest BCUT2D eigenvalue weighted by molar-refractivity contribution is 7.12. The van der Waals surface area contributed by atoms with Crippen molar-refractivity contribution in [1.82, 2.24) is 4.90 Å². The summed E-state index contributed by atoms with van der Waals surface area (Å²) < 4.78 is 34.5. The molecule has 2 aromatic rings. The van der Waals surface area contributed by atoms with Gasteiger partial charge in [-0.1, -0.05) is 6.07 Å². The van der Waals surface area contributed by atoms with Crippen molar-refractivity contribution < 1.29 is 27.8 Å². The number of anilines is 1. The van der Waals surface area contributed by atoms with E-state index in [1.807, 2.05) is 0 Å². The van der Waals surface area contributed by atoms with Crippen LogP contribution in [0.25, 0.3) is 0 Å². The zero-order valence-electron chi connectivity index (χ0n) is 14.5.